The largest absolute Gasteiger partial charge is 0.382 e. The number of sulfone groups is 1. The lowest BCUT2D eigenvalue weighted by atomic mass is 10.2. The zero-order valence-electron chi connectivity index (χ0n) is 12.6. The summed E-state index contributed by atoms with van der Waals surface area (Å²) < 4.78 is 25.0. The molecule has 2 aromatic heterocycles. The molecular weight excluding hydrogens is 300 g/mol. The number of imidazole rings is 1. The number of nitrogens with zero attached hydrogens (tertiary/aromatic N) is 3. The fourth-order valence-corrected chi connectivity index (χ4v) is 3.19. The van der Waals surface area contributed by atoms with Crippen LogP contribution in [0.1, 0.15) is 12.7 Å². The average Bonchev–Trinajstić information content (AvgIpc) is 2.84. The molecule has 0 saturated heterocycles. The average molecular weight is 318 g/mol. The van der Waals surface area contributed by atoms with Crippen LogP contribution in [0.3, 0.4) is 0 Å². The minimum absolute atomic E-state index is 0.0714. The summed E-state index contributed by atoms with van der Waals surface area (Å²) in [6, 6.07) is 7.69. The highest BCUT2D eigenvalue weighted by atomic mass is 32.2. The van der Waals surface area contributed by atoms with Gasteiger partial charge in [0.25, 0.3) is 0 Å². The first-order chi connectivity index (χ1) is 10.4. The molecule has 0 aliphatic carbocycles. The van der Waals surface area contributed by atoms with Gasteiger partial charge in [-0.2, -0.15) is 0 Å². The number of aromatic nitrogens is 3. The molecule has 0 fully saturated rings. The van der Waals surface area contributed by atoms with Crippen molar-refractivity contribution in [2.45, 2.75) is 19.9 Å². The second-order valence-corrected chi connectivity index (χ2v) is 7.63. The van der Waals surface area contributed by atoms with Crippen molar-refractivity contribution in [3.05, 3.63) is 30.1 Å². The van der Waals surface area contributed by atoms with Crippen molar-refractivity contribution in [1.29, 1.82) is 0 Å². The molecule has 0 spiro atoms. The molecule has 0 aliphatic rings. The van der Waals surface area contributed by atoms with Gasteiger partial charge >= 0.3 is 0 Å². The predicted molar refractivity (Wildman–Crippen MR) is 88.5 cm³/mol. The highest BCUT2D eigenvalue weighted by molar-refractivity contribution is 7.90. The second kappa shape index (κ2) is 5.24. The normalized spacial score (nSPS) is 12.3. The Balaban J connectivity index is 2.32. The summed E-state index contributed by atoms with van der Waals surface area (Å²) in [5.74, 6) is 1.27. The second-order valence-electron chi connectivity index (χ2n) is 5.37. The Kier molecular flexibility index (Phi) is 3.52. The van der Waals surface area contributed by atoms with Crippen molar-refractivity contribution in [1.82, 2.24) is 14.5 Å². The van der Waals surface area contributed by atoms with Crippen LogP contribution in [0.25, 0.3) is 21.9 Å². The molecule has 2 heterocycles. The van der Waals surface area contributed by atoms with Crippen LogP contribution in [0.5, 0.6) is 0 Å². The summed E-state index contributed by atoms with van der Waals surface area (Å²) in [6.07, 6.45) is 1.94. The van der Waals surface area contributed by atoms with Gasteiger partial charge in [0.15, 0.2) is 5.82 Å². The fraction of sp³-hybridized carbons (Fsp3) is 0.333. The van der Waals surface area contributed by atoms with E-state index in [0.29, 0.717) is 24.3 Å². The number of anilines is 1. The van der Waals surface area contributed by atoms with E-state index in [1.807, 2.05) is 35.8 Å². The van der Waals surface area contributed by atoms with E-state index >= 15 is 0 Å². The molecule has 0 aliphatic heterocycles. The zero-order chi connectivity index (χ0) is 15.9. The quantitative estimate of drug-likeness (QED) is 0.791. The molecular formula is C15H18N4O2S. The van der Waals surface area contributed by atoms with Gasteiger partial charge in [0, 0.05) is 24.6 Å². The third kappa shape index (κ3) is 2.52. The van der Waals surface area contributed by atoms with Crippen molar-refractivity contribution in [3.8, 4) is 0 Å². The van der Waals surface area contributed by atoms with Gasteiger partial charge in [-0.15, -0.1) is 0 Å². The summed E-state index contributed by atoms with van der Waals surface area (Å²) >= 11 is 0. The third-order valence-electron chi connectivity index (χ3n) is 3.69. The summed E-state index contributed by atoms with van der Waals surface area (Å²) in [6.45, 7) is 2.36. The third-order valence-corrected chi connectivity index (χ3v) is 4.62. The molecule has 0 radical (unpaired) electrons. The molecule has 0 atom stereocenters. The first-order valence-electron chi connectivity index (χ1n) is 7.11. The van der Waals surface area contributed by atoms with Crippen LogP contribution >= 0.6 is 0 Å². The van der Waals surface area contributed by atoms with Crippen molar-refractivity contribution in [2.75, 3.05) is 17.7 Å². The summed E-state index contributed by atoms with van der Waals surface area (Å²) in [4.78, 5) is 8.95. The van der Waals surface area contributed by atoms with Crippen molar-refractivity contribution >= 4 is 37.6 Å². The molecule has 3 aromatic rings. The SMILES string of the molecule is CCc1nc2c(N)nc3ccccc3c2n1CCS(C)(=O)=O. The van der Waals surface area contributed by atoms with E-state index in [-0.39, 0.29) is 5.75 Å². The number of hydrogen-bond donors (Lipinski definition) is 1. The van der Waals surface area contributed by atoms with Gasteiger partial charge < -0.3 is 10.3 Å². The standard InChI is InChI=1S/C15H18N4O2S/c1-3-12-18-13-14(19(12)8-9-22(2,20)21)10-6-4-5-7-11(10)17-15(13)16/h4-7H,3,8-9H2,1-2H3,(H2,16,17). The Morgan fingerprint density at radius 2 is 1.95 bits per heavy atom. The predicted octanol–water partition coefficient (Wildman–Crippen LogP) is 1.77. The highest BCUT2D eigenvalue weighted by Crippen LogP contribution is 2.28. The maximum atomic E-state index is 11.5. The highest BCUT2D eigenvalue weighted by Gasteiger charge is 2.17. The van der Waals surface area contributed by atoms with E-state index in [9.17, 15) is 8.42 Å². The van der Waals surface area contributed by atoms with Crippen molar-refractivity contribution in [2.24, 2.45) is 0 Å². The van der Waals surface area contributed by atoms with Gasteiger partial charge in [0.2, 0.25) is 0 Å². The lowest BCUT2D eigenvalue weighted by Gasteiger charge is -2.09. The number of benzene rings is 1. The van der Waals surface area contributed by atoms with Gasteiger partial charge in [0.1, 0.15) is 21.2 Å². The van der Waals surface area contributed by atoms with Gasteiger partial charge in [-0.25, -0.2) is 18.4 Å². The molecule has 2 N–H and O–H groups in total. The van der Waals surface area contributed by atoms with Gasteiger partial charge in [-0.1, -0.05) is 25.1 Å². The van der Waals surface area contributed by atoms with Crippen LogP contribution in [0.15, 0.2) is 24.3 Å². The molecule has 22 heavy (non-hydrogen) atoms. The van der Waals surface area contributed by atoms with Crippen molar-refractivity contribution in [3.63, 3.8) is 0 Å². The number of nitrogen functional groups attached to an aromatic ring is 1. The van der Waals surface area contributed by atoms with Crippen LogP contribution in [-0.4, -0.2) is 35.0 Å². The van der Waals surface area contributed by atoms with E-state index in [0.717, 1.165) is 22.2 Å². The topological polar surface area (TPSA) is 90.9 Å². The minimum Gasteiger partial charge on any atom is -0.382 e. The molecule has 6 nitrogen and oxygen atoms in total. The maximum Gasteiger partial charge on any atom is 0.152 e. The number of nitrogens with two attached hydrogens (primary N) is 1. The van der Waals surface area contributed by atoms with Gasteiger partial charge in [-0.05, 0) is 6.07 Å². The smallest absolute Gasteiger partial charge is 0.152 e. The number of fused-ring (bicyclic) bond motifs is 3. The first-order valence-corrected chi connectivity index (χ1v) is 9.18. The lowest BCUT2D eigenvalue weighted by Crippen LogP contribution is -2.13. The van der Waals surface area contributed by atoms with E-state index < -0.39 is 9.84 Å². The van der Waals surface area contributed by atoms with Crippen LogP contribution in [-0.2, 0) is 22.8 Å². The molecule has 116 valence electrons. The van der Waals surface area contributed by atoms with E-state index in [1.165, 1.54) is 6.26 Å². The summed E-state index contributed by atoms with van der Waals surface area (Å²) in [7, 11) is -3.05. The summed E-state index contributed by atoms with van der Waals surface area (Å²) in [5, 5.41) is 0.937. The molecule has 0 unspecified atom stereocenters. The van der Waals surface area contributed by atoms with Crippen LogP contribution in [0, 0.1) is 0 Å². The fourth-order valence-electron chi connectivity index (χ4n) is 2.67. The zero-order valence-corrected chi connectivity index (χ0v) is 13.4. The van der Waals surface area contributed by atoms with E-state index in [2.05, 4.69) is 9.97 Å². The molecule has 1 aromatic carbocycles. The van der Waals surface area contributed by atoms with E-state index in [4.69, 9.17) is 5.73 Å². The number of pyridine rings is 1. The van der Waals surface area contributed by atoms with E-state index in [1.54, 1.807) is 0 Å². The van der Waals surface area contributed by atoms with Gasteiger partial charge in [-0.3, -0.25) is 0 Å². The van der Waals surface area contributed by atoms with Crippen molar-refractivity contribution < 1.29 is 8.42 Å². The molecule has 0 amide bonds. The van der Waals surface area contributed by atoms with Gasteiger partial charge in [0.05, 0.1) is 16.8 Å². The summed E-state index contributed by atoms with van der Waals surface area (Å²) in [5.41, 5.74) is 8.33. The minimum atomic E-state index is -3.05. The number of rotatable bonds is 4. The lowest BCUT2D eigenvalue weighted by molar-refractivity contribution is 0.594. The molecule has 0 saturated carbocycles. The molecule has 7 heteroatoms. The Bertz CT molecular complexity index is 960. The Morgan fingerprint density at radius 3 is 2.64 bits per heavy atom. The van der Waals surface area contributed by atoms with Crippen LogP contribution < -0.4 is 5.73 Å². The monoisotopic (exact) mass is 318 g/mol. The Hall–Kier alpha value is -2.15. The first kappa shape index (κ1) is 14.8. The number of hydrogen-bond acceptors (Lipinski definition) is 5. The van der Waals surface area contributed by atoms with Crippen LogP contribution in [0.4, 0.5) is 5.82 Å². The molecule has 0 bridgehead atoms. The Labute approximate surface area is 128 Å². The molecule has 3 rings (SSSR count). The maximum absolute atomic E-state index is 11.5. The number of aryl methyl sites for hydroxylation is 2. The van der Waals surface area contributed by atoms with Crippen LogP contribution in [0.2, 0.25) is 0 Å². The Morgan fingerprint density at radius 1 is 1.23 bits per heavy atom. The number of para-hydroxylation sites is 1.